The van der Waals surface area contributed by atoms with Gasteiger partial charge in [0.05, 0.1) is 16.4 Å². The van der Waals surface area contributed by atoms with Gasteiger partial charge in [0, 0.05) is 17.0 Å². The molecule has 0 N–H and O–H groups in total. The topological polar surface area (TPSA) is 54.5 Å². The van der Waals surface area contributed by atoms with Crippen molar-refractivity contribution in [1.82, 2.24) is 4.90 Å². The maximum Gasteiger partial charge on any atom is 0.264 e. The predicted molar refractivity (Wildman–Crippen MR) is 103 cm³/mol. The largest absolute Gasteiger partial charge is 0.331 e. The van der Waals surface area contributed by atoms with Crippen LogP contribution in [-0.2, 0) is 22.7 Å². The molecule has 2 heterocycles. The zero-order chi connectivity index (χ0) is 17.9. The highest BCUT2D eigenvalue weighted by Gasteiger charge is 2.43. The Morgan fingerprint density at radius 1 is 1.04 bits per heavy atom. The lowest BCUT2D eigenvalue weighted by atomic mass is 9.91. The molecule has 1 unspecified atom stereocenters. The fourth-order valence-electron chi connectivity index (χ4n) is 4.28. The number of thiophene rings is 1. The van der Waals surface area contributed by atoms with Gasteiger partial charge in [-0.15, -0.1) is 11.3 Å². The van der Waals surface area contributed by atoms with Crippen LogP contribution < -0.4 is 0 Å². The molecule has 1 aromatic heterocycles. The summed E-state index contributed by atoms with van der Waals surface area (Å²) in [6.07, 6.45) is 4.56. The van der Waals surface area contributed by atoms with Gasteiger partial charge in [0.1, 0.15) is 0 Å². The van der Waals surface area contributed by atoms with Crippen LogP contribution in [0.1, 0.15) is 40.1 Å². The van der Waals surface area contributed by atoms with Crippen molar-refractivity contribution in [3.63, 3.8) is 0 Å². The molecule has 136 valence electrons. The van der Waals surface area contributed by atoms with Crippen molar-refractivity contribution in [2.45, 2.75) is 44.2 Å². The Balaban J connectivity index is 1.48. The van der Waals surface area contributed by atoms with Gasteiger partial charge in [-0.25, -0.2) is 8.42 Å². The van der Waals surface area contributed by atoms with E-state index in [1.807, 2.05) is 4.90 Å². The summed E-state index contributed by atoms with van der Waals surface area (Å²) in [6, 6.07) is 10.6. The normalized spacial score (nSPS) is 23.3. The lowest BCUT2D eigenvalue weighted by molar-refractivity contribution is 0.0686. The summed E-state index contributed by atoms with van der Waals surface area (Å²) in [5.41, 5.74) is 3.85. The number of rotatable bonds is 3. The molecule has 5 rings (SSSR count). The van der Waals surface area contributed by atoms with Crippen molar-refractivity contribution >= 4 is 27.1 Å². The molecule has 0 bridgehead atoms. The van der Waals surface area contributed by atoms with E-state index in [0.717, 1.165) is 30.6 Å². The molecule has 1 amide bonds. The van der Waals surface area contributed by atoms with E-state index in [4.69, 9.17) is 0 Å². The third-order valence-corrected chi connectivity index (χ3v) is 8.67. The Kier molecular flexibility index (Phi) is 3.76. The van der Waals surface area contributed by atoms with E-state index < -0.39 is 9.84 Å². The molecule has 2 aromatic rings. The van der Waals surface area contributed by atoms with E-state index in [0.29, 0.717) is 6.42 Å². The van der Waals surface area contributed by atoms with Crippen LogP contribution in [0.4, 0.5) is 0 Å². The van der Waals surface area contributed by atoms with Crippen LogP contribution in [-0.4, -0.2) is 42.8 Å². The van der Waals surface area contributed by atoms with E-state index in [-0.39, 0.29) is 29.5 Å². The maximum atomic E-state index is 13.3. The van der Waals surface area contributed by atoms with Gasteiger partial charge in [-0.05, 0) is 54.9 Å². The van der Waals surface area contributed by atoms with Crippen molar-refractivity contribution < 1.29 is 13.2 Å². The zero-order valence-corrected chi connectivity index (χ0v) is 16.1. The van der Waals surface area contributed by atoms with Crippen LogP contribution in [0.3, 0.4) is 0 Å². The first-order valence-electron chi connectivity index (χ1n) is 9.26. The lowest BCUT2D eigenvalue weighted by Crippen LogP contribution is -2.42. The van der Waals surface area contributed by atoms with Crippen LogP contribution in [0.5, 0.6) is 0 Å². The number of carbonyl (C=O) groups excluding carboxylic acids is 1. The number of hydrogen-bond acceptors (Lipinski definition) is 4. The van der Waals surface area contributed by atoms with Crippen LogP contribution in [0, 0.1) is 0 Å². The third-order valence-electron chi connectivity index (χ3n) is 5.72. The van der Waals surface area contributed by atoms with Gasteiger partial charge in [0.25, 0.3) is 5.91 Å². The van der Waals surface area contributed by atoms with Crippen LogP contribution >= 0.6 is 11.3 Å². The second-order valence-corrected chi connectivity index (χ2v) is 10.9. The number of fused-ring (bicyclic) bond motifs is 3. The predicted octanol–water partition coefficient (Wildman–Crippen LogP) is 3.31. The fourth-order valence-corrected chi connectivity index (χ4v) is 7.21. The Hall–Kier alpha value is -1.66. The summed E-state index contributed by atoms with van der Waals surface area (Å²) in [6.45, 7) is 0. The summed E-state index contributed by atoms with van der Waals surface area (Å²) in [7, 11) is -2.99. The van der Waals surface area contributed by atoms with Crippen molar-refractivity contribution in [3.05, 3.63) is 46.3 Å². The molecule has 2 aliphatic carbocycles. The van der Waals surface area contributed by atoms with Crippen molar-refractivity contribution in [2.24, 2.45) is 0 Å². The quantitative estimate of drug-likeness (QED) is 0.812. The van der Waals surface area contributed by atoms with Gasteiger partial charge in [-0.2, -0.15) is 0 Å². The molecule has 2 fully saturated rings. The molecule has 26 heavy (non-hydrogen) atoms. The number of nitrogens with zero attached hydrogens (tertiary/aromatic N) is 1. The fraction of sp³-hybridized carbons (Fsp3) is 0.450. The average Bonchev–Trinajstić information content (AvgIpc) is 3.24. The Morgan fingerprint density at radius 3 is 2.54 bits per heavy atom. The van der Waals surface area contributed by atoms with Gasteiger partial charge >= 0.3 is 0 Å². The summed E-state index contributed by atoms with van der Waals surface area (Å²) < 4.78 is 23.8. The number of aryl methyl sites for hydroxylation is 2. The smallest absolute Gasteiger partial charge is 0.264 e. The first-order valence-corrected chi connectivity index (χ1v) is 11.9. The summed E-state index contributed by atoms with van der Waals surface area (Å²) in [4.78, 5) is 17.2. The minimum absolute atomic E-state index is 0.0338. The number of amides is 1. The SMILES string of the molecule is O=C(c1cc2c(s1)-c1ccccc1CC2)N(C1CC1)C1CCS(=O)(=O)C1. The van der Waals surface area contributed by atoms with Gasteiger partial charge in [0.15, 0.2) is 9.84 Å². The van der Waals surface area contributed by atoms with E-state index >= 15 is 0 Å². The van der Waals surface area contributed by atoms with Gasteiger partial charge < -0.3 is 4.90 Å². The monoisotopic (exact) mass is 387 g/mol. The van der Waals surface area contributed by atoms with E-state index in [1.54, 1.807) is 11.3 Å². The van der Waals surface area contributed by atoms with Crippen molar-refractivity contribution in [1.29, 1.82) is 0 Å². The number of benzene rings is 1. The molecule has 1 atom stereocenters. The maximum absolute atomic E-state index is 13.3. The Bertz CT molecular complexity index is 988. The second-order valence-electron chi connectivity index (χ2n) is 7.62. The van der Waals surface area contributed by atoms with Crippen LogP contribution in [0.25, 0.3) is 10.4 Å². The third kappa shape index (κ3) is 2.79. The molecule has 6 heteroatoms. The molecule has 1 saturated heterocycles. The molecular weight excluding hydrogens is 366 g/mol. The second kappa shape index (κ2) is 5.92. The number of sulfone groups is 1. The molecule has 0 spiro atoms. The van der Waals surface area contributed by atoms with Crippen LogP contribution in [0.2, 0.25) is 0 Å². The van der Waals surface area contributed by atoms with Gasteiger partial charge in [-0.3, -0.25) is 4.79 Å². The molecule has 1 aliphatic heterocycles. The zero-order valence-electron chi connectivity index (χ0n) is 14.5. The minimum Gasteiger partial charge on any atom is -0.331 e. The molecule has 0 radical (unpaired) electrons. The average molecular weight is 388 g/mol. The summed E-state index contributed by atoms with van der Waals surface area (Å²) in [5.74, 6) is 0.373. The number of carbonyl (C=O) groups is 1. The molecule has 1 aromatic carbocycles. The lowest BCUT2D eigenvalue weighted by Gasteiger charge is -2.27. The minimum atomic E-state index is -2.99. The highest BCUT2D eigenvalue weighted by atomic mass is 32.2. The molecule has 4 nitrogen and oxygen atoms in total. The Labute approximate surface area is 157 Å². The molecule has 1 saturated carbocycles. The first-order chi connectivity index (χ1) is 12.5. The van der Waals surface area contributed by atoms with Gasteiger partial charge in [0.2, 0.25) is 0 Å². The summed E-state index contributed by atoms with van der Waals surface area (Å²) in [5, 5.41) is 0. The summed E-state index contributed by atoms with van der Waals surface area (Å²) >= 11 is 1.58. The van der Waals surface area contributed by atoms with Gasteiger partial charge in [-0.1, -0.05) is 24.3 Å². The highest BCUT2D eigenvalue weighted by molar-refractivity contribution is 7.91. The number of hydrogen-bond donors (Lipinski definition) is 0. The standard InChI is InChI=1S/C20H21NO3S2/c22-20(21(15-7-8-15)16-9-10-26(23,24)12-16)18-11-14-6-5-13-3-1-2-4-17(13)19(14)25-18/h1-4,11,15-16H,5-10,12H2. The molecular formula is C20H21NO3S2. The van der Waals surface area contributed by atoms with Crippen molar-refractivity contribution in [2.75, 3.05) is 11.5 Å². The van der Waals surface area contributed by atoms with E-state index in [9.17, 15) is 13.2 Å². The Morgan fingerprint density at radius 2 is 1.81 bits per heavy atom. The van der Waals surface area contributed by atoms with E-state index in [2.05, 4.69) is 30.3 Å². The highest BCUT2D eigenvalue weighted by Crippen LogP contribution is 2.41. The molecule has 3 aliphatic rings. The van der Waals surface area contributed by atoms with Crippen LogP contribution in [0.15, 0.2) is 30.3 Å². The van der Waals surface area contributed by atoms with Crippen molar-refractivity contribution in [3.8, 4) is 10.4 Å². The van der Waals surface area contributed by atoms with E-state index in [1.165, 1.54) is 21.6 Å². The first kappa shape index (κ1) is 16.5.